The fourth-order valence-electron chi connectivity index (χ4n) is 1.74. The molecule has 0 bridgehead atoms. The van der Waals surface area contributed by atoms with E-state index < -0.39 is 22.0 Å². The van der Waals surface area contributed by atoms with Gasteiger partial charge in [0.2, 0.25) is 10.0 Å². The van der Waals surface area contributed by atoms with Crippen molar-refractivity contribution < 1.29 is 27.5 Å². The van der Waals surface area contributed by atoms with E-state index >= 15 is 0 Å². The van der Waals surface area contributed by atoms with Crippen molar-refractivity contribution in [3.8, 4) is 0 Å². The number of anilines is 1. The minimum absolute atomic E-state index is 0.0831. The third-order valence-electron chi connectivity index (χ3n) is 3.09. The van der Waals surface area contributed by atoms with Crippen LogP contribution in [0.3, 0.4) is 0 Å². The molecule has 0 aliphatic carbocycles. The molecule has 1 rings (SSSR count). The Labute approximate surface area is 141 Å². The molecule has 8 nitrogen and oxygen atoms in total. The van der Waals surface area contributed by atoms with Crippen LogP contribution in [0.1, 0.15) is 5.56 Å². The van der Waals surface area contributed by atoms with Crippen molar-refractivity contribution in [2.45, 2.75) is 11.8 Å². The molecule has 1 aromatic carbocycles. The van der Waals surface area contributed by atoms with Gasteiger partial charge in [-0.2, -0.15) is 0 Å². The molecule has 0 unspecified atom stereocenters. The average Bonchev–Trinajstić information content (AvgIpc) is 2.54. The highest BCUT2D eigenvalue weighted by molar-refractivity contribution is 7.89. The van der Waals surface area contributed by atoms with Crippen LogP contribution in [-0.2, 0) is 29.1 Å². The molecule has 0 radical (unpaired) electrons. The maximum absolute atomic E-state index is 12.3. The zero-order valence-corrected chi connectivity index (χ0v) is 14.9. The van der Waals surface area contributed by atoms with Crippen molar-refractivity contribution in [3.63, 3.8) is 0 Å². The number of nitrogens with zero attached hydrogens (tertiary/aromatic N) is 1. The number of sulfonamides is 1. The number of carbonyl (C=O) groups excluding carboxylic acids is 2. The SMILES string of the molecule is COC(=O)/C=C(/Nc1ccc(C)c(S(=O)(=O)N(C)C)c1)C(=O)OC. The number of methoxy groups -OCH3 is 2. The first kappa shape index (κ1) is 19.7. The molecule has 0 atom stereocenters. The predicted molar refractivity (Wildman–Crippen MR) is 87.8 cm³/mol. The number of hydrogen-bond donors (Lipinski definition) is 1. The lowest BCUT2D eigenvalue weighted by Gasteiger charge is -2.16. The van der Waals surface area contributed by atoms with Crippen LogP contribution < -0.4 is 5.32 Å². The van der Waals surface area contributed by atoms with Crippen molar-refractivity contribution in [1.82, 2.24) is 4.31 Å². The molecule has 1 N–H and O–H groups in total. The summed E-state index contributed by atoms with van der Waals surface area (Å²) in [7, 11) is 1.52. The molecule has 0 saturated carbocycles. The summed E-state index contributed by atoms with van der Waals surface area (Å²) in [5, 5.41) is 2.68. The lowest BCUT2D eigenvalue weighted by atomic mass is 10.2. The third kappa shape index (κ3) is 4.56. The summed E-state index contributed by atoms with van der Waals surface area (Å²) in [5.74, 6) is -1.55. The minimum Gasteiger partial charge on any atom is -0.466 e. The molecule has 9 heteroatoms. The summed E-state index contributed by atoms with van der Waals surface area (Å²) < 4.78 is 34.8. The molecule has 0 aromatic heterocycles. The summed E-state index contributed by atoms with van der Waals surface area (Å²) in [5.41, 5.74) is 0.675. The minimum atomic E-state index is -3.65. The number of hydrogen-bond acceptors (Lipinski definition) is 7. The highest BCUT2D eigenvalue weighted by atomic mass is 32.2. The number of benzene rings is 1. The van der Waals surface area contributed by atoms with Crippen molar-refractivity contribution in [3.05, 3.63) is 35.5 Å². The van der Waals surface area contributed by atoms with E-state index in [2.05, 4.69) is 14.8 Å². The summed E-state index contributed by atoms with van der Waals surface area (Å²) in [6.07, 6.45) is 0.922. The van der Waals surface area contributed by atoms with E-state index in [1.807, 2.05) is 0 Å². The van der Waals surface area contributed by atoms with Gasteiger partial charge in [-0.3, -0.25) is 0 Å². The first-order valence-electron chi connectivity index (χ1n) is 6.81. The summed E-state index contributed by atoms with van der Waals surface area (Å²) >= 11 is 0. The zero-order chi connectivity index (χ0) is 18.5. The Hall–Kier alpha value is -2.39. The molecular formula is C15H20N2O6S. The van der Waals surface area contributed by atoms with Crippen LogP contribution >= 0.6 is 0 Å². The first-order chi connectivity index (χ1) is 11.1. The normalized spacial score (nSPS) is 12.0. The van der Waals surface area contributed by atoms with Gasteiger partial charge in [-0.25, -0.2) is 22.3 Å². The third-order valence-corrected chi connectivity index (χ3v) is 5.05. The van der Waals surface area contributed by atoms with Gasteiger partial charge >= 0.3 is 11.9 Å². The fraction of sp³-hybridized carbons (Fsp3) is 0.333. The van der Waals surface area contributed by atoms with E-state index in [4.69, 9.17) is 0 Å². The summed E-state index contributed by atoms with van der Waals surface area (Å²) in [6, 6.07) is 4.54. The average molecular weight is 356 g/mol. The van der Waals surface area contributed by atoms with E-state index in [-0.39, 0.29) is 10.6 Å². The smallest absolute Gasteiger partial charge is 0.354 e. The molecule has 0 heterocycles. The molecule has 0 spiro atoms. The van der Waals surface area contributed by atoms with Crippen molar-refractivity contribution in [1.29, 1.82) is 0 Å². The number of ether oxygens (including phenoxy) is 2. The van der Waals surface area contributed by atoms with Gasteiger partial charge in [-0.15, -0.1) is 0 Å². The molecule has 0 saturated heterocycles. The van der Waals surface area contributed by atoms with E-state index in [9.17, 15) is 18.0 Å². The van der Waals surface area contributed by atoms with Gasteiger partial charge < -0.3 is 14.8 Å². The van der Waals surface area contributed by atoms with Gasteiger partial charge in [0.1, 0.15) is 5.70 Å². The van der Waals surface area contributed by atoms with E-state index in [1.165, 1.54) is 27.3 Å². The number of carbonyl (C=O) groups is 2. The van der Waals surface area contributed by atoms with Crippen molar-refractivity contribution >= 4 is 27.6 Å². The molecule has 0 aliphatic rings. The molecular weight excluding hydrogens is 336 g/mol. The Morgan fingerprint density at radius 2 is 1.79 bits per heavy atom. The Kier molecular flexibility index (Phi) is 6.50. The second-order valence-corrected chi connectivity index (χ2v) is 7.09. The lowest BCUT2D eigenvalue weighted by Crippen LogP contribution is -2.23. The Morgan fingerprint density at radius 1 is 1.17 bits per heavy atom. The monoisotopic (exact) mass is 356 g/mol. The van der Waals surface area contributed by atoms with Crippen LogP contribution in [0.5, 0.6) is 0 Å². The quantitative estimate of drug-likeness (QED) is 0.596. The number of esters is 2. The standard InChI is InChI=1S/C15H20N2O6S/c1-10-6-7-11(8-13(10)24(20,21)17(2)3)16-12(15(19)23-5)9-14(18)22-4/h6-9,16H,1-5H3/b12-9+. The number of rotatable bonds is 6. The predicted octanol–water partition coefficient (Wildman–Crippen LogP) is 0.887. The summed E-state index contributed by atoms with van der Waals surface area (Å²) in [6.45, 7) is 1.66. The van der Waals surface area contributed by atoms with Crippen LogP contribution in [0.15, 0.2) is 34.9 Å². The Morgan fingerprint density at radius 3 is 2.29 bits per heavy atom. The molecule has 24 heavy (non-hydrogen) atoms. The molecule has 1 aromatic rings. The van der Waals surface area contributed by atoms with Gasteiger partial charge in [0.15, 0.2) is 0 Å². The van der Waals surface area contributed by atoms with Crippen molar-refractivity contribution in [2.24, 2.45) is 0 Å². The number of aryl methyl sites for hydroxylation is 1. The van der Waals surface area contributed by atoms with Gasteiger partial charge in [0.25, 0.3) is 0 Å². The van der Waals surface area contributed by atoms with Gasteiger partial charge in [0.05, 0.1) is 25.2 Å². The summed E-state index contributed by atoms with van der Waals surface area (Å²) in [4.78, 5) is 23.2. The van der Waals surface area contributed by atoms with Gasteiger partial charge in [0, 0.05) is 19.8 Å². The molecule has 0 amide bonds. The van der Waals surface area contributed by atoms with Crippen LogP contribution in [0.25, 0.3) is 0 Å². The van der Waals surface area contributed by atoms with E-state index in [0.717, 1.165) is 17.5 Å². The maximum atomic E-state index is 12.3. The van der Waals surface area contributed by atoms with Crippen molar-refractivity contribution in [2.75, 3.05) is 33.6 Å². The molecule has 0 fully saturated rings. The Balaban J connectivity index is 3.30. The van der Waals surface area contributed by atoms with Crippen LogP contribution in [0.4, 0.5) is 5.69 Å². The molecule has 0 aliphatic heterocycles. The van der Waals surface area contributed by atoms with Gasteiger partial charge in [-0.1, -0.05) is 6.07 Å². The zero-order valence-electron chi connectivity index (χ0n) is 14.1. The highest BCUT2D eigenvalue weighted by Gasteiger charge is 2.21. The number of nitrogens with one attached hydrogen (secondary N) is 1. The second kappa shape index (κ2) is 7.93. The van der Waals surface area contributed by atoms with Crippen LogP contribution in [0.2, 0.25) is 0 Å². The first-order valence-corrected chi connectivity index (χ1v) is 8.25. The lowest BCUT2D eigenvalue weighted by molar-refractivity contribution is -0.138. The van der Waals surface area contributed by atoms with E-state index in [0.29, 0.717) is 11.3 Å². The second-order valence-electron chi connectivity index (χ2n) is 4.97. The Bertz CT molecular complexity index is 768. The van der Waals surface area contributed by atoms with Crippen LogP contribution in [-0.4, -0.2) is 53.0 Å². The largest absolute Gasteiger partial charge is 0.466 e. The van der Waals surface area contributed by atoms with Crippen LogP contribution in [0, 0.1) is 6.92 Å². The fourth-order valence-corrected chi connectivity index (χ4v) is 2.88. The maximum Gasteiger partial charge on any atom is 0.354 e. The molecule has 132 valence electrons. The van der Waals surface area contributed by atoms with Gasteiger partial charge in [-0.05, 0) is 24.6 Å². The highest BCUT2D eigenvalue weighted by Crippen LogP contribution is 2.23. The van der Waals surface area contributed by atoms with E-state index in [1.54, 1.807) is 19.1 Å². The topological polar surface area (TPSA) is 102 Å².